The summed E-state index contributed by atoms with van der Waals surface area (Å²) in [5, 5.41) is 0.915. The van der Waals surface area contributed by atoms with E-state index in [2.05, 4.69) is 49.9 Å². The van der Waals surface area contributed by atoms with Crippen molar-refractivity contribution < 1.29 is 4.74 Å². The highest BCUT2D eigenvalue weighted by Gasteiger charge is 2.28. The number of ether oxygens (including phenoxy) is 1. The summed E-state index contributed by atoms with van der Waals surface area (Å²) in [5.74, 6) is 2.07. The summed E-state index contributed by atoms with van der Waals surface area (Å²) in [4.78, 5) is 12.4. The molecule has 1 aliphatic heterocycles. The summed E-state index contributed by atoms with van der Waals surface area (Å²) in [6.45, 7) is 8.26. The Kier molecular flexibility index (Phi) is 5.69. The van der Waals surface area contributed by atoms with Gasteiger partial charge in [-0.15, -0.1) is 0 Å². The van der Waals surface area contributed by atoms with Gasteiger partial charge in [-0.2, -0.15) is 0 Å². The van der Waals surface area contributed by atoms with Crippen LogP contribution in [0.15, 0.2) is 29.4 Å². The van der Waals surface area contributed by atoms with Crippen molar-refractivity contribution in [3.05, 3.63) is 46.6 Å². The molecule has 1 fully saturated rings. The minimum atomic E-state index is 0.242. The van der Waals surface area contributed by atoms with Crippen LogP contribution < -0.4 is 4.90 Å². The lowest BCUT2D eigenvalue weighted by molar-refractivity contribution is -0.00556. The maximum absolute atomic E-state index is 5.94. The number of nitrogens with zero attached hydrogens (tertiary/aromatic N) is 3. The number of hydrogen-bond donors (Lipinski definition) is 0. The molecule has 2 aliphatic rings. The Labute approximate surface area is 166 Å². The van der Waals surface area contributed by atoms with Crippen LogP contribution in [0.2, 0.25) is 0 Å². The number of aryl methyl sites for hydroxylation is 2. The van der Waals surface area contributed by atoms with Crippen LogP contribution in [0, 0.1) is 6.92 Å². The third kappa shape index (κ3) is 4.46. The Morgan fingerprint density at radius 1 is 1.04 bits per heavy atom. The molecule has 1 saturated heterocycles. The summed E-state index contributed by atoms with van der Waals surface area (Å²) in [6, 6.07) is 8.75. The molecule has 0 radical (unpaired) electrons. The fraction of sp³-hybridized carbons (Fsp3) is 0.545. The summed E-state index contributed by atoms with van der Waals surface area (Å²) in [6.07, 6.45) is 5.15. The average Bonchev–Trinajstić information content (AvgIpc) is 2.66. The quantitative estimate of drug-likeness (QED) is 0.571. The van der Waals surface area contributed by atoms with Crippen LogP contribution in [0.25, 0.3) is 0 Å². The summed E-state index contributed by atoms with van der Waals surface area (Å²) < 4.78 is 5.94. The second-order valence-electron chi connectivity index (χ2n) is 7.90. The van der Waals surface area contributed by atoms with E-state index in [0.717, 1.165) is 42.7 Å². The molecule has 0 saturated carbocycles. The van der Waals surface area contributed by atoms with Gasteiger partial charge in [0.05, 0.1) is 17.9 Å². The highest BCUT2D eigenvalue weighted by molar-refractivity contribution is 7.98. The van der Waals surface area contributed by atoms with Gasteiger partial charge in [0.25, 0.3) is 0 Å². The van der Waals surface area contributed by atoms with Gasteiger partial charge in [0.15, 0.2) is 5.16 Å². The predicted molar refractivity (Wildman–Crippen MR) is 112 cm³/mol. The lowest BCUT2D eigenvalue weighted by Gasteiger charge is -2.37. The zero-order valence-corrected chi connectivity index (χ0v) is 17.4. The molecule has 2 atom stereocenters. The van der Waals surface area contributed by atoms with Gasteiger partial charge >= 0.3 is 0 Å². The molecule has 0 bridgehead atoms. The van der Waals surface area contributed by atoms with Gasteiger partial charge < -0.3 is 9.64 Å². The predicted octanol–water partition coefficient (Wildman–Crippen LogP) is 4.57. The van der Waals surface area contributed by atoms with Gasteiger partial charge in [-0.05, 0) is 52.0 Å². The first kappa shape index (κ1) is 18.8. The third-order valence-corrected chi connectivity index (χ3v) is 6.27. The molecule has 2 aromatic rings. The van der Waals surface area contributed by atoms with Crippen LogP contribution >= 0.6 is 11.8 Å². The number of benzene rings is 1. The minimum Gasteiger partial charge on any atom is -0.372 e. The summed E-state index contributed by atoms with van der Waals surface area (Å²) >= 11 is 1.75. The molecule has 4 rings (SSSR count). The molecule has 1 aromatic carbocycles. The fourth-order valence-electron chi connectivity index (χ4n) is 4.06. The van der Waals surface area contributed by atoms with Crippen LogP contribution in [0.4, 0.5) is 5.82 Å². The molecular weight excluding hydrogens is 354 g/mol. The van der Waals surface area contributed by atoms with Crippen molar-refractivity contribution in [3.63, 3.8) is 0 Å². The van der Waals surface area contributed by atoms with Crippen LogP contribution in [0.3, 0.4) is 0 Å². The van der Waals surface area contributed by atoms with Crippen molar-refractivity contribution in [2.24, 2.45) is 0 Å². The number of thioether (sulfide) groups is 1. The smallest absolute Gasteiger partial charge is 0.190 e. The number of rotatable bonds is 4. The van der Waals surface area contributed by atoms with E-state index in [1.807, 2.05) is 0 Å². The van der Waals surface area contributed by atoms with E-state index in [0.29, 0.717) is 0 Å². The maximum Gasteiger partial charge on any atom is 0.190 e. The third-order valence-electron chi connectivity index (χ3n) is 5.35. The number of fused-ring (bicyclic) bond motifs is 1. The van der Waals surface area contributed by atoms with Gasteiger partial charge in [0.1, 0.15) is 5.82 Å². The molecule has 4 nitrogen and oxygen atoms in total. The lowest BCUT2D eigenvalue weighted by Crippen LogP contribution is -2.46. The molecule has 1 aromatic heterocycles. The van der Waals surface area contributed by atoms with Gasteiger partial charge in [0.2, 0.25) is 0 Å². The average molecular weight is 384 g/mol. The normalized spacial score (nSPS) is 22.6. The number of hydrogen-bond acceptors (Lipinski definition) is 5. The van der Waals surface area contributed by atoms with Crippen molar-refractivity contribution in [3.8, 4) is 0 Å². The van der Waals surface area contributed by atoms with Crippen molar-refractivity contribution in [1.29, 1.82) is 0 Å². The lowest BCUT2D eigenvalue weighted by atomic mass is 9.96. The number of aromatic nitrogens is 2. The summed E-state index contributed by atoms with van der Waals surface area (Å²) in [5.41, 5.74) is 5.26. The SMILES string of the molecule is Cc1ccc(CSc2nc3c(c(N4C[C@@H](C)O[C@H](C)C4)n2)CCCC3)cc1. The topological polar surface area (TPSA) is 38.2 Å². The molecular formula is C22H29N3OS. The van der Waals surface area contributed by atoms with E-state index in [-0.39, 0.29) is 12.2 Å². The molecule has 1 aliphatic carbocycles. The second-order valence-corrected chi connectivity index (χ2v) is 8.84. The highest BCUT2D eigenvalue weighted by Crippen LogP contribution is 2.32. The highest BCUT2D eigenvalue weighted by atomic mass is 32.2. The molecule has 27 heavy (non-hydrogen) atoms. The van der Waals surface area contributed by atoms with E-state index in [4.69, 9.17) is 14.7 Å². The first-order chi connectivity index (χ1) is 13.1. The zero-order chi connectivity index (χ0) is 18.8. The Morgan fingerprint density at radius 2 is 1.74 bits per heavy atom. The van der Waals surface area contributed by atoms with Gasteiger partial charge in [-0.25, -0.2) is 9.97 Å². The van der Waals surface area contributed by atoms with Crippen LogP contribution in [-0.4, -0.2) is 35.3 Å². The van der Waals surface area contributed by atoms with E-state index < -0.39 is 0 Å². The first-order valence-electron chi connectivity index (χ1n) is 10.1. The molecule has 5 heteroatoms. The van der Waals surface area contributed by atoms with Gasteiger partial charge in [0, 0.05) is 24.4 Å². The van der Waals surface area contributed by atoms with E-state index in [1.165, 1.54) is 35.2 Å². The van der Waals surface area contributed by atoms with Crippen molar-refractivity contribution >= 4 is 17.6 Å². The van der Waals surface area contributed by atoms with Gasteiger partial charge in [-0.1, -0.05) is 41.6 Å². The Morgan fingerprint density at radius 3 is 2.48 bits per heavy atom. The maximum atomic E-state index is 5.94. The molecule has 0 spiro atoms. The van der Waals surface area contributed by atoms with Crippen molar-refractivity contribution in [2.75, 3.05) is 18.0 Å². The van der Waals surface area contributed by atoms with Crippen LogP contribution in [-0.2, 0) is 23.3 Å². The monoisotopic (exact) mass is 383 g/mol. The Bertz CT molecular complexity index is 783. The molecule has 144 valence electrons. The number of anilines is 1. The van der Waals surface area contributed by atoms with Crippen LogP contribution in [0.1, 0.15) is 49.1 Å². The first-order valence-corrected chi connectivity index (χ1v) is 11.1. The van der Waals surface area contributed by atoms with Crippen molar-refractivity contribution in [2.45, 2.75) is 69.6 Å². The standard InChI is InChI=1S/C22H29N3OS/c1-15-8-10-18(11-9-15)14-27-22-23-20-7-5-4-6-19(20)21(24-22)25-12-16(2)26-17(3)13-25/h8-11,16-17H,4-7,12-14H2,1-3H3/t16-,17-/m1/s1. The van der Waals surface area contributed by atoms with Crippen LogP contribution in [0.5, 0.6) is 0 Å². The second kappa shape index (κ2) is 8.19. The van der Waals surface area contributed by atoms with E-state index >= 15 is 0 Å². The fourth-order valence-corrected chi connectivity index (χ4v) is 4.88. The Hall–Kier alpha value is -1.59. The minimum absolute atomic E-state index is 0.242. The van der Waals surface area contributed by atoms with Crippen molar-refractivity contribution in [1.82, 2.24) is 9.97 Å². The van der Waals surface area contributed by atoms with Gasteiger partial charge in [-0.3, -0.25) is 0 Å². The molecule has 0 N–H and O–H groups in total. The molecule has 0 amide bonds. The van der Waals surface area contributed by atoms with E-state index in [1.54, 1.807) is 11.8 Å². The number of morpholine rings is 1. The zero-order valence-electron chi connectivity index (χ0n) is 16.6. The van der Waals surface area contributed by atoms with E-state index in [9.17, 15) is 0 Å². The Balaban J connectivity index is 1.59. The summed E-state index contributed by atoms with van der Waals surface area (Å²) in [7, 11) is 0. The molecule has 0 unspecified atom stereocenters. The largest absolute Gasteiger partial charge is 0.372 e. The molecule has 2 heterocycles.